The fourth-order valence-electron chi connectivity index (χ4n) is 2.37. The lowest BCUT2D eigenvalue weighted by atomic mass is 10.2. The number of carbonyl (C=O) groups is 1. The van der Waals surface area contributed by atoms with Gasteiger partial charge in [0, 0.05) is 6.54 Å². The van der Waals surface area contributed by atoms with Gasteiger partial charge in [-0.25, -0.2) is 9.97 Å². The van der Waals surface area contributed by atoms with Crippen LogP contribution in [0.2, 0.25) is 0 Å². The molecule has 1 aliphatic heterocycles. The lowest BCUT2D eigenvalue weighted by Crippen LogP contribution is -2.42. The van der Waals surface area contributed by atoms with Gasteiger partial charge in [-0.1, -0.05) is 0 Å². The number of ether oxygens (including phenoxy) is 1. The molecular formula is C13H17N5O2S. The molecule has 2 aromatic heterocycles. The summed E-state index contributed by atoms with van der Waals surface area (Å²) in [4.78, 5) is 23.7. The van der Waals surface area contributed by atoms with E-state index in [0.29, 0.717) is 30.4 Å². The summed E-state index contributed by atoms with van der Waals surface area (Å²) in [7, 11) is 0. The third kappa shape index (κ3) is 2.81. The molecule has 112 valence electrons. The van der Waals surface area contributed by atoms with Crippen LogP contribution in [0.5, 0.6) is 0 Å². The van der Waals surface area contributed by atoms with Crippen molar-refractivity contribution in [2.24, 2.45) is 0 Å². The maximum absolute atomic E-state index is 12.6. The van der Waals surface area contributed by atoms with E-state index < -0.39 is 0 Å². The molecule has 0 saturated carbocycles. The second-order valence-corrected chi connectivity index (χ2v) is 6.24. The Morgan fingerprint density at radius 2 is 2.19 bits per heavy atom. The number of aromatic nitrogens is 4. The van der Waals surface area contributed by atoms with Crippen molar-refractivity contribution >= 4 is 17.2 Å². The van der Waals surface area contributed by atoms with E-state index in [-0.39, 0.29) is 12.0 Å². The van der Waals surface area contributed by atoms with Gasteiger partial charge in [0.15, 0.2) is 5.82 Å². The standard InChI is InChI=1S/C13H17N5O2S/c1-7-11(21-9(3)14-7)13(19)18-4-5-20-10(6-18)12-15-8(2)16-17-12/h10H,4-6H2,1-3H3,(H,15,16,17). The Kier molecular flexibility index (Phi) is 3.73. The van der Waals surface area contributed by atoms with E-state index in [9.17, 15) is 4.79 Å². The van der Waals surface area contributed by atoms with Crippen LogP contribution in [0, 0.1) is 20.8 Å². The zero-order chi connectivity index (χ0) is 15.0. The molecule has 1 amide bonds. The van der Waals surface area contributed by atoms with E-state index in [0.717, 1.165) is 16.5 Å². The van der Waals surface area contributed by atoms with Crippen molar-refractivity contribution in [3.8, 4) is 0 Å². The quantitative estimate of drug-likeness (QED) is 0.906. The van der Waals surface area contributed by atoms with Crippen LogP contribution in [-0.4, -0.2) is 50.7 Å². The second-order valence-electron chi connectivity index (χ2n) is 5.04. The third-order valence-electron chi connectivity index (χ3n) is 3.35. The van der Waals surface area contributed by atoms with Crippen molar-refractivity contribution in [2.75, 3.05) is 19.7 Å². The average Bonchev–Trinajstić information content (AvgIpc) is 3.04. The fourth-order valence-corrected chi connectivity index (χ4v) is 3.26. The number of hydrogen-bond acceptors (Lipinski definition) is 6. The van der Waals surface area contributed by atoms with Gasteiger partial charge >= 0.3 is 0 Å². The Morgan fingerprint density at radius 3 is 2.81 bits per heavy atom. The number of morpholine rings is 1. The number of rotatable bonds is 2. The van der Waals surface area contributed by atoms with E-state index in [2.05, 4.69) is 20.2 Å². The Labute approximate surface area is 126 Å². The van der Waals surface area contributed by atoms with Crippen LogP contribution in [-0.2, 0) is 4.74 Å². The molecule has 1 unspecified atom stereocenters. The van der Waals surface area contributed by atoms with Crippen molar-refractivity contribution < 1.29 is 9.53 Å². The van der Waals surface area contributed by atoms with Crippen molar-refractivity contribution in [3.05, 3.63) is 27.2 Å². The molecule has 7 nitrogen and oxygen atoms in total. The lowest BCUT2D eigenvalue weighted by Gasteiger charge is -2.31. The molecule has 1 saturated heterocycles. The van der Waals surface area contributed by atoms with Crippen molar-refractivity contribution in [1.82, 2.24) is 25.1 Å². The van der Waals surface area contributed by atoms with Crippen LogP contribution in [0.25, 0.3) is 0 Å². The second kappa shape index (κ2) is 5.53. The molecule has 0 aromatic carbocycles. The molecule has 3 heterocycles. The van der Waals surface area contributed by atoms with E-state index in [1.54, 1.807) is 4.90 Å². The van der Waals surface area contributed by atoms with Gasteiger partial charge in [-0.3, -0.25) is 9.89 Å². The minimum atomic E-state index is -0.276. The number of aryl methyl sites for hydroxylation is 3. The van der Waals surface area contributed by atoms with E-state index in [1.165, 1.54) is 11.3 Å². The fraction of sp³-hybridized carbons (Fsp3) is 0.538. The molecule has 1 atom stereocenters. The topological polar surface area (TPSA) is 84.0 Å². The van der Waals surface area contributed by atoms with E-state index in [4.69, 9.17) is 4.74 Å². The number of thiazole rings is 1. The molecule has 0 aliphatic carbocycles. The van der Waals surface area contributed by atoms with E-state index >= 15 is 0 Å². The highest BCUT2D eigenvalue weighted by atomic mass is 32.1. The largest absolute Gasteiger partial charge is 0.366 e. The summed E-state index contributed by atoms with van der Waals surface area (Å²) in [6.45, 7) is 7.15. The number of H-pyrrole nitrogens is 1. The van der Waals surface area contributed by atoms with Crippen molar-refractivity contribution in [3.63, 3.8) is 0 Å². The van der Waals surface area contributed by atoms with Crippen LogP contribution in [0.15, 0.2) is 0 Å². The van der Waals surface area contributed by atoms with Gasteiger partial charge in [0.1, 0.15) is 16.8 Å². The molecule has 8 heteroatoms. The highest BCUT2D eigenvalue weighted by Gasteiger charge is 2.30. The molecule has 1 fully saturated rings. The summed E-state index contributed by atoms with van der Waals surface area (Å²) in [5, 5.41) is 7.83. The Hall–Kier alpha value is -1.80. The first-order valence-corrected chi connectivity index (χ1v) is 7.60. The minimum Gasteiger partial charge on any atom is -0.366 e. The molecule has 21 heavy (non-hydrogen) atoms. The molecule has 0 spiro atoms. The summed E-state index contributed by atoms with van der Waals surface area (Å²) < 4.78 is 5.68. The predicted octanol–water partition coefficient (Wildman–Crippen LogP) is 1.40. The molecule has 3 rings (SSSR count). The third-order valence-corrected chi connectivity index (χ3v) is 4.41. The van der Waals surface area contributed by atoms with Gasteiger partial charge < -0.3 is 9.64 Å². The van der Waals surface area contributed by atoms with Gasteiger partial charge in [0.05, 0.1) is 23.9 Å². The normalized spacial score (nSPS) is 19.0. The number of hydrogen-bond donors (Lipinski definition) is 1. The molecule has 1 N–H and O–H groups in total. The SMILES string of the molecule is Cc1nc(C2CN(C(=O)c3sc(C)nc3C)CCO2)n[nH]1. The monoisotopic (exact) mass is 307 g/mol. The molecule has 1 aliphatic rings. The zero-order valence-electron chi connectivity index (χ0n) is 12.2. The number of nitrogens with zero attached hydrogens (tertiary/aromatic N) is 4. The zero-order valence-corrected chi connectivity index (χ0v) is 13.0. The summed E-state index contributed by atoms with van der Waals surface area (Å²) in [5.41, 5.74) is 0.791. The average molecular weight is 307 g/mol. The lowest BCUT2D eigenvalue weighted by molar-refractivity contribution is -0.0265. The van der Waals surface area contributed by atoms with Crippen LogP contribution in [0.3, 0.4) is 0 Å². The smallest absolute Gasteiger partial charge is 0.266 e. The molecular weight excluding hydrogens is 290 g/mol. The first-order valence-electron chi connectivity index (χ1n) is 6.78. The molecule has 0 radical (unpaired) electrons. The Bertz CT molecular complexity index is 665. The summed E-state index contributed by atoms with van der Waals surface area (Å²) in [6, 6.07) is 0. The molecule has 2 aromatic rings. The first kappa shape index (κ1) is 14.2. The van der Waals surface area contributed by atoms with Crippen molar-refractivity contribution in [2.45, 2.75) is 26.9 Å². The summed E-state index contributed by atoms with van der Waals surface area (Å²) >= 11 is 1.44. The highest BCUT2D eigenvalue weighted by Crippen LogP contribution is 2.24. The summed E-state index contributed by atoms with van der Waals surface area (Å²) in [5.74, 6) is 1.35. The van der Waals surface area contributed by atoms with Gasteiger partial charge in [0.2, 0.25) is 0 Å². The van der Waals surface area contributed by atoms with Crippen LogP contribution in [0.1, 0.15) is 38.1 Å². The minimum absolute atomic E-state index is 0.0126. The van der Waals surface area contributed by atoms with Gasteiger partial charge in [-0.05, 0) is 20.8 Å². The Morgan fingerprint density at radius 1 is 1.38 bits per heavy atom. The van der Waals surface area contributed by atoms with Crippen molar-refractivity contribution in [1.29, 1.82) is 0 Å². The maximum atomic E-state index is 12.6. The first-order chi connectivity index (χ1) is 10.0. The maximum Gasteiger partial charge on any atom is 0.266 e. The van der Waals surface area contributed by atoms with Gasteiger partial charge in [0.25, 0.3) is 5.91 Å². The summed E-state index contributed by atoms with van der Waals surface area (Å²) in [6.07, 6.45) is -0.276. The van der Waals surface area contributed by atoms with Crippen LogP contribution in [0.4, 0.5) is 0 Å². The number of aromatic amines is 1. The van der Waals surface area contributed by atoms with Crippen LogP contribution < -0.4 is 0 Å². The molecule has 0 bridgehead atoms. The van der Waals surface area contributed by atoms with Crippen LogP contribution >= 0.6 is 11.3 Å². The van der Waals surface area contributed by atoms with E-state index in [1.807, 2.05) is 20.8 Å². The predicted molar refractivity (Wildman–Crippen MR) is 77.3 cm³/mol. The number of carbonyl (C=O) groups excluding carboxylic acids is 1. The number of amides is 1. The van der Waals surface area contributed by atoms with Gasteiger partial charge in [-0.15, -0.1) is 11.3 Å². The van der Waals surface area contributed by atoms with Gasteiger partial charge in [-0.2, -0.15) is 5.10 Å². The number of nitrogens with one attached hydrogen (secondary N) is 1. The Balaban J connectivity index is 1.77. The highest BCUT2D eigenvalue weighted by molar-refractivity contribution is 7.13.